The van der Waals surface area contributed by atoms with Crippen LogP contribution in [0.3, 0.4) is 0 Å². The molecule has 0 bridgehead atoms. The molecule has 0 radical (unpaired) electrons. The van der Waals surface area contributed by atoms with Crippen molar-refractivity contribution in [2.24, 2.45) is 0 Å². The smallest absolute Gasteiger partial charge is 0.323 e. The summed E-state index contributed by atoms with van der Waals surface area (Å²) in [4.78, 5) is 23.9. The Kier molecular flexibility index (Phi) is 6.40. The van der Waals surface area contributed by atoms with Gasteiger partial charge in [-0.1, -0.05) is 29.8 Å². The van der Waals surface area contributed by atoms with Crippen LogP contribution < -0.4 is 15.5 Å². The second-order valence-electron chi connectivity index (χ2n) is 6.95. The number of nitrogens with zero attached hydrogens (tertiary/aromatic N) is 3. The molecular weight excluding hydrogens is 418 g/mol. The first-order chi connectivity index (χ1) is 14.6. The van der Waals surface area contributed by atoms with Crippen LogP contribution in [0.2, 0.25) is 5.02 Å². The molecule has 0 spiro atoms. The third-order valence-electron chi connectivity index (χ3n) is 4.83. The van der Waals surface area contributed by atoms with Gasteiger partial charge in [0.05, 0.1) is 0 Å². The van der Waals surface area contributed by atoms with Crippen molar-refractivity contribution >= 4 is 46.6 Å². The zero-order chi connectivity index (χ0) is 20.9. The monoisotopic (exact) mass is 439 g/mol. The van der Waals surface area contributed by atoms with Gasteiger partial charge in [-0.2, -0.15) is 11.8 Å². The number of urea groups is 1. The van der Waals surface area contributed by atoms with Crippen molar-refractivity contribution in [1.29, 1.82) is 0 Å². The predicted molar refractivity (Wildman–Crippen MR) is 126 cm³/mol. The van der Waals surface area contributed by atoms with Gasteiger partial charge < -0.3 is 15.5 Å². The van der Waals surface area contributed by atoms with Crippen molar-refractivity contribution < 1.29 is 4.79 Å². The highest BCUT2D eigenvalue weighted by Gasteiger charge is 2.18. The van der Waals surface area contributed by atoms with Crippen molar-refractivity contribution in [2.75, 3.05) is 40.1 Å². The number of carbonyl (C=O) groups excluding carboxylic acids is 1. The number of hydrogen-bond donors (Lipinski definition) is 2. The zero-order valence-electron chi connectivity index (χ0n) is 16.6. The van der Waals surface area contributed by atoms with E-state index in [1.54, 1.807) is 24.5 Å². The lowest BCUT2D eigenvalue weighted by molar-refractivity contribution is 0.262. The molecule has 30 heavy (non-hydrogen) atoms. The summed E-state index contributed by atoms with van der Waals surface area (Å²) in [7, 11) is 0. The topological polar surface area (TPSA) is 70.1 Å². The number of halogens is 1. The number of anilines is 3. The van der Waals surface area contributed by atoms with Gasteiger partial charge in [-0.15, -0.1) is 0 Å². The molecule has 0 unspecified atom stereocenters. The van der Waals surface area contributed by atoms with Crippen molar-refractivity contribution in [1.82, 2.24) is 9.97 Å². The summed E-state index contributed by atoms with van der Waals surface area (Å²) in [5.74, 6) is 3.05. The van der Waals surface area contributed by atoms with Crippen LogP contribution in [0.4, 0.5) is 22.0 Å². The summed E-state index contributed by atoms with van der Waals surface area (Å²) in [5, 5.41) is 6.31. The van der Waals surface area contributed by atoms with E-state index in [1.807, 2.05) is 49.0 Å². The molecule has 2 heterocycles. The molecule has 0 atom stereocenters. The highest BCUT2D eigenvalue weighted by atomic mass is 35.5. The molecule has 2 N–H and O–H groups in total. The van der Waals surface area contributed by atoms with E-state index in [1.165, 1.54) is 0 Å². The fraction of sp³-hybridized carbons (Fsp3) is 0.227. The number of rotatable bonds is 4. The van der Waals surface area contributed by atoms with Crippen LogP contribution in [0.15, 0.2) is 54.9 Å². The molecule has 2 amide bonds. The molecule has 3 aromatic rings. The van der Waals surface area contributed by atoms with Crippen molar-refractivity contribution in [3.05, 3.63) is 65.4 Å². The predicted octanol–water partition coefficient (Wildman–Crippen LogP) is 5.30. The summed E-state index contributed by atoms with van der Waals surface area (Å²) in [6, 6.07) is 12.7. The van der Waals surface area contributed by atoms with Gasteiger partial charge in [0.25, 0.3) is 0 Å². The quantitative estimate of drug-likeness (QED) is 0.577. The van der Waals surface area contributed by atoms with Crippen LogP contribution in [-0.4, -0.2) is 40.6 Å². The lowest BCUT2D eigenvalue weighted by Gasteiger charge is -2.28. The van der Waals surface area contributed by atoms with Crippen LogP contribution in [0.1, 0.15) is 5.56 Å². The van der Waals surface area contributed by atoms with E-state index in [0.29, 0.717) is 16.4 Å². The molecule has 4 rings (SSSR count). The van der Waals surface area contributed by atoms with Crippen molar-refractivity contribution in [3.8, 4) is 11.3 Å². The molecule has 2 aromatic carbocycles. The molecule has 1 aliphatic rings. The lowest BCUT2D eigenvalue weighted by Crippen LogP contribution is -2.33. The summed E-state index contributed by atoms with van der Waals surface area (Å²) in [6.45, 7) is 3.83. The molecule has 0 saturated carbocycles. The number of benzene rings is 2. The average molecular weight is 440 g/mol. The molecule has 8 heteroatoms. The Morgan fingerprint density at radius 3 is 2.70 bits per heavy atom. The van der Waals surface area contributed by atoms with Gasteiger partial charge in [-0.25, -0.2) is 9.78 Å². The Labute approximate surface area is 185 Å². The fourth-order valence-corrected chi connectivity index (χ4v) is 4.37. The number of carbonyl (C=O) groups is 1. The maximum atomic E-state index is 12.5. The van der Waals surface area contributed by atoms with Gasteiger partial charge in [-0.05, 0) is 36.8 Å². The van der Waals surface area contributed by atoms with E-state index in [-0.39, 0.29) is 6.03 Å². The molecular formula is C22H22ClN5OS. The molecule has 154 valence electrons. The maximum absolute atomic E-state index is 12.5. The van der Waals surface area contributed by atoms with Gasteiger partial charge in [0.2, 0.25) is 0 Å². The van der Waals surface area contributed by atoms with Crippen LogP contribution in [-0.2, 0) is 0 Å². The minimum absolute atomic E-state index is 0.329. The fourth-order valence-electron chi connectivity index (χ4n) is 3.30. The van der Waals surface area contributed by atoms with Crippen LogP contribution in [0.25, 0.3) is 11.3 Å². The summed E-state index contributed by atoms with van der Waals surface area (Å²) in [6.07, 6.45) is 3.43. The largest absolute Gasteiger partial charge is 0.353 e. The standard InChI is InChI=1S/C22H22ClN5OS/c1-15-5-6-17(23)14-19(15)27-22(29)26-18-4-2-3-16(13-18)20-21(25-8-7-24-20)28-9-11-30-12-10-28/h2-8,13-14H,9-12H2,1H3,(H2,26,27,29). The SMILES string of the molecule is Cc1ccc(Cl)cc1NC(=O)Nc1cccc(-c2nccnc2N2CCSCC2)c1. The van der Waals surface area contributed by atoms with Gasteiger partial charge in [0, 0.05) is 58.9 Å². The minimum atomic E-state index is -0.329. The molecule has 1 aliphatic heterocycles. The Bertz CT molecular complexity index is 1060. The highest BCUT2D eigenvalue weighted by molar-refractivity contribution is 7.99. The van der Waals surface area contributed by atoms with E-state index in [2.05, 4.69) is 25.5 Å². The second-order valence-corrected chi connectivity index (χ2v) is 8.61. The molecule has 1 saturated heterocycles. The Hall–Kier alpha value is -2.77. The van der Waals surface area contributed by atoms with E-state index in [4.69, 9.17) is 11.6 Å². The first-order valence-electron chi connectivity index (χ1n) is 9.68. The summed E-state index contributed by atoms with van der Waals surface area (Å²) < 4.78 is 0. The third kappa shape index (κ3) is 4.86. The van der Waals surface area contributed by atoms with Gasteiger partial charge in [0.1, 0.15) is 5.69 Å². The minimum Gasteiger partial charge on any atom is -0.353 e. The molecule has 6 nitrogen and oxygen atoms in total. The van der Waals surface area contributed by atoms with E-state index < -0.39 is 0 Å². The van der Waals surface area contributed by atoms with Crippen LogP contribution in [0, 0.1) is 6.92 Å². The number of amides is 2. The number of hydrogen-bond acceptors (Lipinski definition) is 5. The third-order valence-corrected chi connectivity index (χ3v) is 6.01. The average Bonchev–Trinajstić information content (AvgIpc) is 2.77. The van der Waals surface area contributed by atoms with Crippen molar-refractivity contribution in [2.45, 2.75) is 6.92 Å². The Morgan fingerprint density at radius 1 is 1.07 bits per heavy atom. The first-order valence-corrected chi connectivity index (χ1v) is 11.2. The van der Waals surface area contributed by atoms with E-state index >= 15 is 0 Å². The van der Waals surface area contributed by atoms with Gasteiger partial charge >= 0.3 is 6.03 Å². The summed E-state index contributed by atoms with van der Waals surface area (Å²) in [5.41, 5.74) is 4.02. The van der Waals surface area contributed by atoms with Gasteiger partial charge in [0.15, 0.2) is 5.82 Å². The second kappa shape index (κ2) is 9.36. The Morgan fingerprint density at radius 2 is 1.87 bits per heavy atom. The number of nitrogens with one attached hydrogen (secondary N) is 2. The highest BCUT2D eigenvalue weighted by Crippen LogP contribution is 2.30. The zero-order valence-corrected chi connectivity index (χ0v) is 18.1. The number of aryl methyl sites for hydroxylation is 1. The molecule has 1 fully saturated rings. The van der Waals surface area contributed by atoms with Crippen LogP contribution >= 0.6 is 23.4 Å². The van der Waals surface area contributed by atoms with Crippen molar-refractivity contribution in [3.63, 3.8) is 0 Å². The number of aromatic nitrogens is 2. The molecule has 0 aliphatic carbocycles. The maximum Gasteiger partial charge on any atom is 0.323 e. The van der Waals surface area contributed by atoms with Gasteiger partial charge in [-0.3, -0.25) is 4.98 Å². The Balaban J connectivity index is 1.53. The number of thioether (sulfide) groups is 1. The molecule has 1 aromatic heterocycles. The normalized spacial score (nSPS) is 13.7. The lowest BCUT2D eigenvalue weighted by atomic mass is 10.1. The summed E-state index contributed by atoms with van der Waals surface area (Å²) >= 11 is 7.99. The van der Waals surface area contributed by atoms with E-state index in [9.17, 15) is 4.79 Å². The van der Waals surface area contributed by atoms with E-state index in [0.717, 1.165) is 47.2 Å². The van der Waals surface area contributed by atoms with Crippen LogP contribution in [0.5, 0.6) is 0 Å². The first kappa shape index (κ1) is 20.5.